The van der Waals surface area contributed by atoms with Crippen LogP contribution in [0, 0.1) is 0 Å². The zero-order valence-corrected chi connectivity index (χ0v) is 14.3. The van der Waals surface area contributed by atoms with E-state index in [1.807, 2.05) is 24.3 Å². The van der Waals surface area contributed by atoms with E-state index in [1.165, 1.54) is 0 Å². The van der Waals surface area contributed by atoms with Gasteiger partial charge in [0.2, 0.25) is 5.88 Å². The lowest BCUT2D eigenvalue weighted by Crippen LogP contribution is -2.16. The molecule has 0 unspecified atom stereocenters. The normalized spacial score (nSPS) is 11.5. The Balaban J connectivity index is 2.27. The molecule has 0 fully saturated rings. The monoisotopic (exact) mass is 350 g/mol. The summed E-state index contributed by atoms with van der Waals surface area (Å²) in [7, 11) is 1.67. The van der Waals surface area contributed by atoms with E-state index in [-0.39, 0.29) is 5.41 Å². The van der Waals surface area contributed by atoms with E-state index in [0.29, 0.717) is 17.1 Å². The summed E-state index contributed by atoms with van der Waals surface area (Å²) in [6.45, 7) is 6.76. The molecule has 0 bridgehead atoms. The lowest BCUT2D eigenvalue weighted by Gasteiger charge is -2.17. The van der Waals surface area contributed by atoms with Crippen LogP contribution in [-0.4, -0.2) is 17.1 Å². The molecule has 0 spiro atoms. The molecule has 112 valence electrons. The molecule has 0 aliphatic rings. The molecule has 4 nitrogen and oxygen atoms in total. The number of nitrogens with zero attached hydrogens (tertiary/aromatic N) is 2. The summed E-state index contributed by atoms with van der Waals surface area (Å²) in [4.78, 5) is 8.88. The van der Waals surface area contributed by atoms with Crippen LogP contribution in [0.5, 0.6) is 11.6 Å². The number of methoxy groups -OCH3 is 1. The first-order valence-electron chi connectivity index (χ1n) is 6.69. The lowest BCUT2D eigenvalue weighted by molar-refractivity contribution is 0.184. The summed E-state index contributed by atoms with van der Waals surface area (Å²) in [6.07, 6.45) is 0. The highest BCUT2D eigenvalue weighted by molar-refractivity contribution is 9.10. The van der Waals surface area contributed by atoms with Gasteiger partial charge in [0.1, 0.15) is 16.2 Å². The van der Waals surface area contributed by atoms with Crippen LogP contribution in [0.2, 0.25) is 0 Å². The van der Waals surface area contributed by atoms with E-state index < -0.39 is 0 Å². The molecule has 0 aliphatic heterocycles. The second-order valence-electron chi connectivity index (χ2n) is 5.78. The lowest BCUT2D eigenvalue weighted by atomic mass is 9.96. The van der Waals surface area contributed by atoms with Crippen molar-refractivity contribution in [1.82, 2.24) is 9.97 Å². The van der Waals surface area contributed by atoms with Crippen molar-refractivity contribution in [2.24, 2.45) is 0 Å². The number of halogens is 1. The Morgan fingerprint density at radius 3 is 2.57 bits per heavy atom. The molecule has 21 heavy (non-hydrogen) atoms. The van der Waals surface area contributed by atoms with Gasteiger partial charge < -0.3 is 9.47 Å². The first kappa shape index (κ1) is 15.9. The van der Waals surface area contributed by atoms with E-state index in [9.17, 15) is 0 Å². The number of aromatic nitrogens is 2. The van der Waals surface area contributed by atoms with Crippen molar-refractivity contribution in [3.8, 4) is 11.6 Å². The Morgan fingerprint density at radius 1 is 1.14 bits per heavy atom. The zero-order valence-electron chi connectivity index (χ0n) is 12.7. The predicted molar refractivity (Wildman–Crippen MR) is 85.7 cm³/mol. The minimum absolute atomic E-state index is 0.139. The average Bonchev–Trinajstić information content (AvgIpc) is 2.38. The Kier molecular flexibility index (Phi) is 4.96. The predicted octanol–water partition coefficient (Wildman–Crippen LogP) is 4.48. The minimum Gasteiger partial charge on any atom is -0.439 e. The van der Waals surface area contributed by atoms with Crippen LogP contribution in [0.4, 0.5) is 0 Å². The largest absolute Gasteiger partial charge is 0.439 e. The third-order valence-electron chi connectivity index (χ3n) is 2.77. The summed E-state index contributed by atoms with van der Waals surface area (Å²) >= 11 is 3.41. The highest BCUT2D eigenvalue weighted by atomic mass is 79.9. The van der Waals surface area contributed by atoms with Crippen molar-refractivity contribution in [2.45, 2.75) is 32.8 Å². The maximum Gasteiger partial charge on any atom is 0.223 e. The first-order chi connectivity index (χ1) is 9.88. The molecule has 1 heterocycles. The van der Waals surface area contributed by atoms with Gasteiger partial charge in [-0.1, -0.05) is 32.9 Å². The fourth-order valence-corrected chi connectivity index (χ4v) is 2.13. The first-order valence-corrected chi connectivity index (χ1v) is 7.48. The zero-order chi connectivity index (χ0) is 15.5. The molecule has 0 N–H and O–H groups in total. The standard InChI is InChI=1S/C16H19BrN2O2/c1-16(2,3)15-18-13(17)9-14(19-15)21-12-7-5-6-11(8-12)10-20-4/h5-9H,10H2,1-4H3. The number of ether oxygens (including phenoxy) is 2. The molecular formula is C16H19BrN2O2. The van der Waals surface area contributed by atoms with Gasteiger partial charge in [0, 0.05) is 18.6 Å². The second-order valence-corrected chi connectivity index (χ2v) is 6.60. The summed E-state index contributed by atoms with van der Waals surface area (Å²) < 4.78 is 11.7. The second kappa shape index (κ2) is 6.54. The maximum absolute atomic E-state index is 5.85. The van der Waals surface area contributed by atoms with Crippen molar-refractivity contribution in [1.29, 1.82) is 0 Å². The summed E-state index contributed by atoms with van der Waals surface area (Å²) in [5.74, 6) is 1.99. The SMILES string of the molecule is COCc1cccc(Oc2cc(Br)nc(C(C)(C)C)n2)c1. The molecule has 0 saturated heterocycles. The molecule has 2 aromatic rings. The highest BCUT2D eigenvalue weighted by Gasteiger charge is 2.19. The van der Waals surface area contributed by atoms with Crippen molar-refractivity contribution in [3.63, 3.8) is 0 Å². The molecule has 2 rings (SSSR count). The van der Waals surface area contributed by atoms with E-state index in [4.69, 9.17) is 9.47 Å². The molecule has 1 aromatic heterocycles. The number of hydrogen-bond acceptors (Lipinski definition) is 4. The highest BCUT2D eigenvalue weighted by Crippen LogP contribution is 2.27. The molecule has 1 aromatic carbocycles. The topological polar surface area (TPSA) is 44.2 Å². The molecule has 0 saturated carbocycles. The fourth-order valence-electron chi connectivity index (χ4n) is 1.77. The molecular weight excluding hydrogens is 332 g/mol. The van der Waals surface area contributed by atoms with Crippen molar-refractivity contribution in [3.05, 3.63) is 46.3 Å². The van der Waals surface area contributed by atoms with E-state index in [1.54, 1.807) is 13.2 Å². The Hall–Kier alpha value is -1.46. The average molecular weight is 351 g/mol. The third-order valence-corrected chi connectivity index (χ3v) is 3.18. The van der Waals surface area contributed by atoms with Crippen LogP contribution in [-0.2, 0) is 16.8 Å². The van der Waals surface area contributed by atoms with Gasteiger partial charge in [-0.25, -0.2) is 4.98 Å². The smallest absolute Gasteiger partial charge is 0.223 e. The van der Waals surface area contributed by atoms with Gasteiger partial charge in [-0.05, 0) is 33.6 Å². The Bertz CT molecular complexity index is 624. The minimum atomic E-state index is -0.139. The van der Waals surface area contributed by atoms with Crippen LogP contribution in [0.25, 0.3) is 0 Å². The summed E-state index contributed by atoms with van der Waals surface area (Å²) in [5.41, 5.74) is 0.916. The van der Waals surface area contributed by atoms with Gasteiger partial charge in [0.05, 0.1) is 6.61 Å². The quantitative estimate of drug-likeness (QED) is 0.762. The summed E-state index contributed by atoms with van der Waals surface area (Å²) in [5, 5.41) is 0. The van der Waals surface area contributed by atoms with Gasteiger partial charge in [-0.3, -0.25) is 0 Å². The van der Waals surface area contributed by atoms with Crippen molar-refractivity contribution < 1.29 is 9.47 Å². The molecule has 0 atom stereocenters. The number of rotatable bonds is 4. The van der Waals surface area contributed by atoms with Crippen LogP contribution in [0.3, 0.4) is 0 Å². The van der Waals surface area contributed by atoms with Crippen LogP contribution in [0.1, 0.15) is 32.2 Å². The molecule has 0 amide bonds. The van der Waals surface area contributed by atoms with Crippen LogP contribution in [0.15, 0.2) is 34.9 Å². The summed E-state index contributed by atoms with van der Waals surface area (Å²) in [6, 6.07) is 9.53. The molecule has 5 heteroatoms. The molecule has 0 aliphatic carbocycles. The van der Waals surface area contributed by atoms with Gasteiger partial charge >= 0.3 is 0 Å². The van der Waals surface area contributed by atoms with E-state index in [0.717, 1.165) is 17.1 Å². The van der Waals surface area contributed by atoms with Gasteiger partial charge in [0.15, 0.2) is 0 Å². The van der Waals surface area contributed by atoms with Gasteiger partial charge in [0.25, 0.3) is 0 Å². The van der Waals surface area contributed by atoms with Crippen LogP contribution >= 0.6 is 15.9 Å². The van der Waals surface area contributed by atoms with Gasteiger partial charge in [-0.2, -0.15) is 4.98 Å². The third kappa shape index (κ3) is 4.51. The fraction of sp³-hybridized carbons (Fsp3) is 0.375. The van der Waals surface area contributed by atoms with E-state index in [2.05, 4.69) is 46.7 Å². The Morgan fingerprint density at radius 2 is 1.90 bits per heavy atom. The van der Waals surface area contributed by atoms with Gasteiger partial charge in [-0.15, -0.1) is 0 Å². The van der Waals surface area contributed by atoms with Crippen molar-refractivity contribution >= 4 is 15.9 Å². The van der Waals surface area contributed by atoms with Crippen molar-refractivity contribution in [2.75, 3.05) is 7.11 Å². The Labute approximate surface area is 133 Å². The van der Waals surface area contributed by atoms with E-state index >= 15 is 0 Å². The van der Waals surface area contributed by atoms with Crippen LogP contribution < -0.4 is 4.74 Å². The number of hydrogen-bond donors (Lipinski definition) is 0. The molecule has 0 radical (unpaired) electrons. The maximum atomic E-state index is 5.85. The number of benzene rings is 1.